The quantitative estimate of drug-likeness (QED) is 0.662. The maximum Gasteiger partial charge on any atom is 0.224 e. The van der Waals surface area contributed by atoms with Crippen LogP contribution in [0.4, 0.5) is 5.69 Å². The molecule has 4 nitrogen and oxygen atoms in total. The zero-order valence-corrected chi connectivity index (χ0v) is 14.7. The first-order chi connectivity index (χ1) is 11.7. The zero-order valence-electron chi connectivity index (χ0n) is 13.9. The van der Waals surface area contributed by atoms with E-state index in [-0.39, 0.29) is 5.91 Å². The Morgan fingerprint density at radius 3 is 2.71 bits per heavy atom. The summed E-state index contributed by atoms with van der Waals surface area (Å²) in [6.45, 7) is 2.94. The molecule has 0 radical (unpaired) electrons. The topological polar surface area (TPSA) is 54.0 Å². The van der Waals surface area contributed by atoms with Crippen LogP contribution in [-0.2, 0) is 4.79 Å². The van der Waals surface area contributed by atoms with Crippen LogP contribution in [0.15, 0.2) is 42.5 Å². The van der Waals surface area contributed by atoms with Crippen LogP contribution < -0.4 is 10.6 Å². The number of aryl methyl sites for hydroxylation is 1. The summed E-state index contributed by atoms with van der Waals surface area (Å²) in [6, 6.07) is 14.2. The fourth-order valence-electron chi connectivity index (χ4n) is 2.50. The number of nitrogens with zero attached hydrogens (tertiary/aromatic N) is 1. The van der Waals surface area contributed by atoms with Crippen LogP contribution >= 0.6 is 11.3 Å². The van der Waals surface area contributed by atoms with Crippen molar-refractivity contribution in [2.24, 2.45) is 0 Å². The maximum atomic E-state index is 11.8. The SMILES string of the molecule is CNCCCC(=O)Nc1ccc(-c2nc3ccc(C)cc3s2)cc1. The summed E-state index contributed by atoms with van der Waals surface area (Å²) < 4.78 is 1.20. The molecular weight excluding hydrogens is 318 g/mol. The van der Waals surface area contributed by atoms with E-state index in [4.69, 9.17) is 0 Å². The van der Waals surface area contributed by atoms with Gasteiger partial charge in [0.2, 0.25) is 5.91 Å². The van der Waals surface area contributed by atoms with Crippen molar-refractivity contribution in [2.45, 2.75) is 19.8 Å². The number of hydrogen-bond acceptors (Lipinski definition) is 4. The van der Waals surface area contributed by atoms with E-state index in [1.54, 1.807) is 11.3 Å². The molecule has 0 aliphatic carbocycles. The average molecular weight is 339 g/mol. The number of nitrogens with one attached hydrogen (secondary N) is 2. The second kappa shape index (κ2) is 7.55. The Kier molecular flexibility index (Phi) is 5.23. The van der Waals surface area contributed by atoms with E-state index in [9.17, 15) is 4.79 Å². The van der Waals surface area contributed by atoms with E-state index in [0.717, 1.165) is 34.7 Å². The number of thiazole rings is 1. The van der Waals surface area contributed by atoms with E-state index < -0.39 is 0 Å². The molecule has 0 saturated heterocycles. The molecule has 1 aromatic heterocycles. The van der Waals surface area contributed by atoms with Gasteiger partial charge in [-0.05, 0) is 68.9 Å². The molecule has 1 heterocycles. The van der Waals surface area contributed by atoms with Crippen molar-refractivity contribution in [3.05, 3.63) is 48.0 Å². The van der Waals surface area contributed by atoms with Gasteiger partial charge in [0.1, 0.15) is 5.01 Å². The van der Waals surface area contributed by atoms with Crippen LogP contribution in [0.2, 0.25) is 0 Å². The lowest BCUT2D eigenvalue weighted by Gasteiger charge is -2.05. The Morgan fingerprint density at radius 2 is 1.96 bits per heavy atom. The number of fused-ring (bicyclic) bond motifs is 1. The minimum Gasteiger partial charge on any atom is -0.326 e. The van der Waals surface area contributed by atoms with Crippen molar-refractivity contribution in [1.82, 2.24) is 10.3 Å². The lowest BCUT2D eigenvalue weighted by atomic mass is 10.2. The smallest absolute Gasteiger partial charge is 0.224 e. The van der Waals surface area contributed by atoms with Gasteiger partial charge in [-0.15, -0.1) is 11.3 Å². The molecule has 0 aliphatic rings. The minimum atomic E-state index is 0.0495. The Labute approximate surface area is 145 Å². The Balaban J connectivity index is 1.70. The first kappa shape index (κ1) is 16.6. The van der Waals surface area contributed by atoms with Gasteiger partial charge in [0.15, 0.2) is 0 Å². The number of carbonyl (C=O) groups is 1. The van der Waals surface area contributed by atoms with Gasteiger partial charge in [-0.25, -0.2) is 4.98 Å². The molecule has 0 aliphatic heterocycles. The lowest BCUT2D eigenvalue weighted by Crippen LogP contribution is -2.15. The monoisotopic (exact) mass is 339 g/mol. The van der Waals surface area contributed by atoms with Crippen molar-refractivity contribution >= 4 is 33.1 Å². The third-order valence-electron chi connectivity index (χ3n) is 3.79. The van der Waals surface area contributed by atoms with Gasteiger partial charge in [0.05, 0.1) is 10.2 Å². The molecule has 2 aromatic carbocycles. The fraction of sp³-hybridized carbons (Fsp3) is 0.263. The second-order valence-electron chi connectivity index (χ2n) is 5.82. The van der Waals surface area contributed by atoms with Gasteiger partial charge in [0, 0.05) is 17.7 Å². The molecular formula is C19H21N3OS. The van der Waals surface area contributed by atoms with Crippen LogP contribution in [0.5, 0.6) is 0 Å². The van der Waals surface area contributed by atoms with E-state index in [1.807, 2.05) is 31.3 Å². The Hall–Kier alpha value is -2.24. The van der Waals surface area contributed by atoms with Crippen LogP contribution in [0.1, 0.15) is 18.4 Å². The van der Waals surface area contributed by atoms with Crippen molar-refractivity contribution in [1.29, 1.82) is 0 Å². The van der Waals surface area contributed by atoms with E-state index in [0.29, 0.717) is 6.42 Å². The summed E-state index contributed by atoms with van der Waals surface area (Å²) in [5.41, 5.74) is 4.17. The first-order valence-corrected chi connectivity index (χ1v) is 8.89. The van der Waals surface area contributed by atoms with Crippen molar-refractivity contribution in [2.75, 3.05) is 18.9 Å². The molecule has 0 fully saturated rings. The Bertz CT molecular complexity index is 839. The van der Waals surface area contributed by atoms with Gasteiger partial charge < -0.3 is 10.6 Å². The summed E-state index contributed by atoms with van der Waals surface area (Å²) in [4.78, 5) is 16.5. The van der Waals surface area contributed by atoms with Gasteiger partial charge >= 0.3 is 0 Å². The maximum absolute atomic E-state index is 11.8. The number of amides is 1. The highest BCUT2D eigenvalue weighted by molar-refractivity contribution is 7.21. The summed E-state index contributed by atoms with van der Waals surface area (Å²) in [5.74, 6) is 0.0495. The highest BCUT2D eigenvalue weighted by Crippen LogP contribution is 2.31. The average Bonchev–Trinajstić information content (AvgIpc) is 2.99. The van der Waals surface area contributed by atoms with Crippen molar-refractivity contribution in [3.8, 4) is 10.6 Å². The number of hydrogen-bond donors (Lipinski definition) is 2. The largest absolute Gasteiger partial charge is 0.326 e. The summed E-state index contributed by atoms with van der Waals surface area (Å²) in [7, 11) is 1.89. The fourth-order valence-corrected chi connectivity index (χ4v) is 3.57. The first-order valence-electron chi connectivity index (χ1n) is 8.08. The lowest BCUT2D eigenvalue weighted by molar-refractivity contribution is -0.116. The number of anilines is 1. The summed E-state index contributed by atoms with van der Waals surface area (Å²) in [6.07, 6.45) is 1.37. The molecule has 2 N–H and O–H groups in total. The van der Waals surface area contributed by atoms with E-state index in [2.05, 4.69) is 40.7 Å². The highest BCUT2D eigenvalue weighted by Gasteiger charge is 2.07. The zero-order chi connectivity index (χ0) is 16.9. The molecule has 0 atom stereocenters. The molecule has 0 spiro atoms. The number of rotatable bonds is 6. The number of carbonyl (C=O) groups excluding carboxylic acids is 1. The predicted molar refractivity (Wildman–Crippen MR) is 102 cm³/mol. The molecule has 3 rings (SSSR count). The van der Waals surface area contributed by atoms with E-state index in [1.165, 1.54) is 10.3 Å². The molecule has 5 heteroatoms. The minimum absolute atomic E-state index is 0.0495. The van der Waals surface area contributed by atoms with Crippen LogP contribution in [-0.4, -0.2) is 24.5 Å². The van der Waals surface area contributed by atoms with E-state index >= 15 is 0 Å². The molecule has 1 amide bonds. The molecule has 3 aromatic rings. The summed E-state index contributed by atoms with van der Waals surface area (Å²) in [5, 5.41) is 6.97. The summed E-state index contributed by atoms with van der Waals surface area (Å²) >= 11 is 1.69. The third-order valence-corrected chi connectivity index (χ3v) is 4.86. The van der Waals surface area contributed by atoms with Gasteiger partial charge in [-0.1, -0.05) is 6.07 Å². The molecule has 0 bridgehead atoms. The highest BCUT2D eigenvalue weighted by atomic mass is 32.1. The third kappa shape index (κ3) is 3.99. The van der Waals surface area contributed by atoms with Gasteiger partial charge in [-0.2, -0.15) is 0 Å². The van der Waals surface area contributed by atoms with Crippen LogP contribution in [0, 0.1) is 6.92 Å². The predicted octanol–water partition coefficient (Wildman–Crippen LogP) is 4.21. The second-order valence-corrected chi connectivity index (χ2v) is 6.85. The molecule has 0 saturated carbocycles. The van der Waals surface area contributed by atoms with Crippen LogP contribution in [0.25, 0.3) is 20.8 Å². The standard InChI is InChI=1S/C19H21N3OS/c1-13-5-10-16-17(12-13)24-19(22-16)14-6-8-15(9-7-14)21-18(23)4-3-11-20-2/h5-10,12,20H,3-4,11H2,1-2H3,(H,21,23). The number of aromatic nitrogens is 1. The number of benzene rings is 2. The molecule has 124 valence electrons. The molecule has 24 heavy (non-hydrogen) atoms. The van der Waals surface area contributed by atoms with Crippen molar-refractivity contribution in [3.63, 3.8) is 0 Å². The van der Waals surface area contributed by atoms with Crippen molar-refractivity contribution < 1.29 is 4.79 Å². The Morgan fingerprint density at radius 1 is 1.17 bits per heavy atom. The molecule has 0 unspecified atom stereocenters. The normalized spacial score (nSPS) is 10.9. The van der Waals surface area contributed by atoms with Crippen LogP contribution in [0.3, 0.4) is 0 Å². The van der Waals surface area contributed by atoms with Gasteiger partial charge in [0.25, 0.3) is 0 Å². The van der Waals surface area contributed by atoms with Gasteiger partial charge in [-0.3, -0.25) is 4.79 Å².